The Morgan fingerprint density at radius 3 is 2.64 bits per heavy atom. The van der Waals surface area contributed by atoms with E-state index in [1.807, 2.05) is 0 Å². The lowest BCUT2D eigenvalue weighted by molar-refractivity contribution is 0.0707. The zero-order valence-electron chi connectivity index (χ0n) is 6.72. The van der Waals surface area contributed by atoms with Gasteiger partial charge in [0.2, 0.25) is 0 Å². The van der Waals surface area contributed by atoms with Gasteiger partial charge >= 0.3 is 0 Å². The van der Waals surface area contributed by atoms with E-state index >= 15 is 0 Å². The predicted molar refractivity (Wildman–Crippen MR) is 48.4 cm³/mol. The van der Waals surface area contributed by atoms with Crippen LogP contribution in [-0.4, -0.2) is 24.4 Å². The molecule has 1 rings (SSSR count). The van der Waals surface area contributed by atoms with Crippen molar-refractivity contribution in [3.63, 3.8) is 0 Å². The summed E-state index contributed by atoms with van der Waals surface area (Å²) in [6, 6.07) is 0. The van der Waals surface area contributed by atoms with Gasteiger partial charge in [0.25, 0.3) is 0 Å². The molecule has 0 aliphatic heterocycles. The van der Waals surface area contributed by atoms with Crippen molar-refractivity contribution in [2.75, 3.05) is 13.7 Å². The number of thiocarbonyl (C=S) groups is 1. The first-order chi connectivity index (χ1) is 5.18. The molecule has 0 saturated heterocycles. The van der Waals surface area contributed by atoms with Crippen LogP contribution in [0.2, 0.25) is 0 Å². The van der Waals surface area contributed by atoms with Crippen LogP contribution in [0.15, 0.2) is 0 Å². The van der Waals surface area contributed by atoms with Gasteiger partial charge in [-0.3, -0.25) is 0 Å². The molecule has 0 aromatic rings. The molecule has 64 valence electrons. The Kier molecular flexibility index (Phi) is 2.67. The van der Waals surface area contributed by atoms with Crippen molar-refractivity contribution in [2.24, 2.45) is 5.73 Å². The monoisotopic (exact) mass is 174 g/mol. The molecular formula is C7H14N2OS. The molecule has 0 aromatic heterocycles. The highest BCUT2D eigenvalue weighted by Gasteiger charge is 2.36. The van der Waals surface area contributed by atoms with Crippen molar-refractivity contribution in [2.45, 2.75) is 24.8 Å². The summed E-state index contributed by atoms with van der Waals surface area (Å²) in [4.78, 5) is 0. The Balaban J connectivity index is 2.39. The molecule has 0 heterocycles. The van der Waals surface area contributed by atoms with E-state index in [4.69, 9.17) is 22.7 Å². The van der Waals surface area contributed by atoms with Gasteiger partial charge in [0.05, 0.1) is 12.1 Å². The average molecular weight is 174 g/mol. The van der Waals surface area contributed by atoms with Gasteiger partial charge in [-0.1, -0.05) is 0 Å². The molecule has 1 aliphatic rings. The topological polar surface area (TPSA) is 47.3 Å². The van der Waals surface area contributed by atoms with Crippen LogP contribution in [0.5, 0.6) is 0 Å². The first kappa shape index (κ1) is 8.74. The Labute approximate surface area is 72.3 Å². The van der Waals surface area contributed by atoms with Gasteiger partial charge in [0.1, 0.15) is 0 Å². The van der Waals surface area contributed by atoms with Crippen molar-refractivity contribution in [3.05, 3.63) is 0 Å². The Bertz CT molecular complexity index is 157. The molecule has 1 aliphatic carbocycles. The summed E-state index contributed by atoms with van der Waals surface area (Å²) in [6.07, 6.45) is 3.45. The maximum Gasteiger partial charge on any atom is 0.164 e. The fraction of sp³-hybridized carbons (Fsp3) is 0.857. The Hall–Kier alpha value is -0.350. The second-order valence-corrected chi connectivity index (χ2v) is 3.50. The number of methoxy groups -OCH3 is 1. The van der Waals surface area contributed by atoms with Crippen molar-refractivity contribution in [1.29, 1.82) is 0 Å². The summed E-state index contributed by atoms with van der Waals surface area (Å²) in [5.74, 6) is 0. The highest BCUT2D eigenvalue weighted by molar-refractivity contribution is 7.80. The van der Waals surface area contributed by atoms with Crippen LogP contribution in [0.3, 0.4) is 0 Å². The molecule has 0 spiro atoms. The number of hydrogen-bond acceptors (Lipinski definition) is 2. The third-order valence-corrected chi connectivity index (χ3v) is 2.22. The van der Waals surface area contributed by atoms with Gasteiger partial charge in [-0.05, 0) is 31.5 Å². The van der Waals surface area contributed by atoms with Crippen LogP contribution in [0.25, 0.3) is 0 Å². The van der Waals surface area contributed by atoms with E-state index in [9.17, 15) is 0 Å². The molecule has 4 heteroatoms. The van der Waals surface area contributed by atoms with E-state index in [-0.39, 0.29) is 5.54 Å². The van der Waals surface area contributed by atoms with Crippen LogP contribution in [-0.2, 0) is 4.74 Å². The number of ether oxygens (including phenoxy) is 1. The van der Waals surface area contributed by atoms with Crippen LogP contribution in [0.1, 0.15) is 19.3 Å². The Morgan fingerprint density at radius 1 is 1.73 bits per heavy atom. The van der Waals surface area contributed by atoms with Gasteiger partial charge in [-0.25, -0.2) is 0 Å². The van der Waals surface area contributed by atoms with E-state index in [2.05, 4.69) is 5.32 Å². The third-order valence-electron chi connectivity index (χ3n) is 2.12. The van der Waals surface area contributed by atoms with E-state index in [1.54, 1.807) is 7.11 Å². The SMILES string of the molecule is COCC1(NC(N)=S)CCC1. The van der Waals surface area contributed by atoms with Crippen molar-refractivity contribution in [1.82, 2.24) is 5.32 Å². The molecule has 0 atom stereocenters. The summed E-state index contributed by atoms with van der Waals surface area (Å²) in [7, 11) is 1.70. The molecule has 0 amide bonds. The molecule has 0 radical (unpaired) electrons. The normalized spacial score (nSPS) is 20.5. The molecule has 0 bridgehead atoms. The minimum absolute atomic E-state index is 0.0561. The van der Waals surface area contributed by atoms with E-state index < -0.39 is 0 Å². The molecule has 1 saturated carbocycles. The van der Waals surface area contributed by atoms with Crippen molar-refractivity contribution in [3.8, 4) is 0 Å². The summed E-state index contributed by atoms with van der Waals surface area (Å²) >= 11 is 4.77. The lowest BCUT2D eigenvalue weighted by Gasteiger charge is -2.42. The minimum atomic E-state index is 0.0561. The number of nitrogens with one attached hydrogen (secondary N) is 1. The zero-order valence-corrected chi connectivity index (χ0v) is 7.54. The average Bonchev–Trinajstić information content (AvgIpc) is 1.82. The van der Waals surface area contributed by atoms with E-state index in [1.165, 1.54) is 6.42 Å². The fourth-order valence-corrected chi connectivity index (χ4v) is 1.66. The molecule has 1 fully saturated rings. The summed E-state index contributed by atoms with van der Waals surface area (Å²) in [6.45, 7) is 0.699. The first-order valence-corrected chi connectivity index (χ1v) is 4.16. The van der Waals surface area contributed by atoms with Crippen LogP contribution in [0, 0.1) is 0 Å². The smallest absolute Gasteiger partial charge is 0.164 e. The maximum atomic E-state index is 5.38. The van der Waals surface area contributed by atoms with Crippen LogP contribution < -0.4 is 11.1 Å². The lowest BCUT2D eigenvalue weighted by atomic mass is 9.77. The number of rotatable bonds is 3. The molecule has 0 unspecified atom stereocenters. The summed E-state index contributed by atoms with van der Waals surface area (Å²) in [5, 5.41) is 3.45. The Morgan fingerprint density at radius 2 is 2.36 bits per heavy atom. The third kappa shape index (κ3) is 2.04. The van der Waals surface area contributed by atoms with Gasteiger partial charge in [0.15, 0.2) is 5.11 Å². The van der Waals surface area contributed by atoms with Crippen LogP contribution >= 0.6 is 12.2 Å². The molecule has 3 nitrogen and oxygen atoms in total. The van der Waals surface area contributed by atoms with Gasteiger partial charge in [0, 0.05) is 7.11 Å². The molecule has 0 aromatic carbocycles. The highest BCUT2D eigenvalue weighted by Crippen LogP contribution is 2.31. The predicted octanol–water partition coefficient (Wildman–Crippen LogP) is 0.389. The fourth-order valence-electron chi connectivity index (χ4n) is 1.45. The largest absolute Gasteiger partial charge is 0.382 e. The maximum absolute atomic E-state index is 5.38. The zero-order chi connectivity index (χ0) is 8.32. The summed E-state index contributed by atoms with van der Waals surface area (Å²) in [5.41, 5.74) is 5.44. The second-order valence-electron chi connectivity index (χ2n) is 3.06. The standard InChI is InChI=1S/C7H14N2OS/c1-10-5-7(3-2-4-7)9-6(8)11/h2-5H2,1H3,(H3,8,9,11). The van der Waals surface area contributed by atoms with Gasteiger partial charge < -0.3 is 15.8 Å². The quantitative estimate of drug-likeness (QED) is 0.608. The summed E-state index contributed by atoms with van der Waals surface area (Å²) < 4.78 is 5.07. The van der Waals surface area contributed by atoms with Crippen molar-refractivity contribution < 1.29 is 4.74 Å². The van der Waals surface area contributed by atoms with E-state index in [0.29, 0.717) is 11.7 Å². The number of nitrogens with two attached hydrogens (primary N) is 1. The van der Waals surface area contributed by atoms with Crippen LogP contribution in [0.4, 0.5) is 0 Å². The highest BCUT2D eigenvalue weighted by atomic mass is 32.1. The lowest BCUT2D eigenvalue weighted by Crippen LogP contribution is -2.57. The van der Waals surface area contributed by atoms with Crippen molar-refractivity contribution >= 4 is 17.3 Å². The molecule has 3 N–H and O–H groups in total. The van der Waals surface area contributed by atoms with Gasteiger partial charge in [-0.2, -0.15) is 0 Å². The molecule has 11 heavy (non-hydrogen) atoms. The van der Waals surface area contributed by atoms with Gasteiger partial charge in [-0.15, -0.1) is 0 Å². The second kappa shape index (κ2) is 3.36. The minimum Gasteiger partial charge on any atom is -0.382 e. The van der Waals surface area contributed by atoms with E-state index in [0.717, 1.165) is 12.8 Å². The molecular weight excluding hydrogens is 160 g/mol. The first-order valence-electron chi connectivity index (χ1n) is 3.75. The number of hydrogen-bond donors (Lipinski definition) is 2.